The van der Waals surface area contributed by atoms with Crippen molar-refractivity contribution in [3.05, 3.63) is 63.3 Å². The Hall–Kier alpha value is -3.64. The Kier molecular flexibility index (Phi) is 5.73. The molecule has 0 spiro atoms. The van der Waals surface area contributed by atoms with Crippen LogP contribution in [0.2, 0.25) is 0 Å². The maximum atomic E-state index is 12.6. The highest BCUT2D eigenvalue weighted by atomic mass is 32.1. The Balaban J connectivity index is 1.40. The number of fused-ring (bicyclic) bond motifs is 1. The van der Waals surface area contributed by atoms with Gasteiger partial charge < -0.3 is 11.1 Å². The van der Waals surface area contributed by atoms with Crippen molar-refractivity contribution in [1.29, 1.82) is 5.26 Å². The van der Waals surface area contributed by atoms with Gasteiger partial charge in [0.25, 0.3) is 5.91 Å². The molecule has 31 heavy (non-hydrogen) atoms. The molecule has 4 rings (SSSR count). The Morgan fingerprint density at radius 1 is 1.32 bits per heavy atom. The van der Waals surface area contributed by atoms with Gasteiger partial charge in [-0.3, -0.25) is 14.6 Å². The van der Waals surface area contributed by atoms with Gasteiger partial charge in [0.05, 0.1) is 22.8 Å². The third kappa shape index (κ3) is 4.29. The number of hydrogen-bond acceptors (Lipinski definition) is 6. The number of rotatable bonds is 7. The molecule has 158 valence electrons. The molecule has 1 aromatic carbocycles. The van der Waals surface area contributed by atoms with Gasteiger partial charge in [-0.1, -0.05) is 29.8 Å². The number of anilines is 1. The maximum Gasteiger partial charge on any atom is 0.261 e. The van der Waals surface area contributed by atoms with Crippen LogP contribution in [0.3, 0.4) is 0 Å². The number of aryl methyl sites for hydroxylation is 3. The molecule has 0 saturated heterocycles. The van der Waals surface area contributed by atoms with E-state index in [2.05, 4.69) is 51.8 Å². The number of nitrogen functional groups attached to an aromatic ring is 1. The second-order valence-corrected chi connectivity index (χ2v) is 8.52. The van der Waals surface area contributed by atoms with Gasteiger partial charge in [0.15, 0.2) is 5.82 Å². The summed E-state index contributed by atoms with van der Waals surface area (Å²) in [7, 11) is 0. The van der Waals surface area contributed by atoms with Gasteiger partial charge in [0.1, 0.15) is 16.5 Å². The molecule has 0 aliphatic rings. The Bertz CT molecular complexity index is 1270. The predicted octanol–water partition coefficient (Wildman–Crippen LogP) is 3.30. The largest absolute Gasteiger partial charge is 0.381 e. The maximum absolute atomic E-state index is 12.6. The average Bonchev–Trinajstić information content (AvgIpc) is 3.42. The van der Waals surface area contributed by atoms with Crippen LogP contribution in [-0.4, -0.2) is 32.4 Å². The molecule has 4 N–H and O–H groups in total. The number of nitrogens with two attached hydrogens (primary N) is 1. The van der Waals surface area contributed by atoms with Gasteiger partial charge in [-0.2, -0.15) is 15.5 Å². The zero-order valence-electron chi connectivity index (χ0n) is 17.4. The molecular formula is C22H23N7OS. The van der Waals surface area contributed by atoms with Gasteiger partial charge in [0, 0.05) is 11.9 Å². The summed E-state index contributed by atoms with van der Waals surface area (Å²) in [4.78, 5) is 14.3. The normalized spacial score (nSPS) is 11.0. The third-order valence-electron chi connectivity index (χ3n) is 5.15. The summed E-state index contributed by atoms with van der Waals surface area (Å²) in [6.07, 6.45) is 1.26. The summed E-state index contributed by atoms with van der Waals surface area (Å²) in [6.45, 7) is 5.19. The number of aromatic amines is 1. The van der Waals surface area contributed by atoms with E-state index in [-0.39, 0.29) is 11.7 Å². The summed E-state index contributed by atoms with van der Waals surface area (Å²) in [5, 5.41) is 24.4. The van der Waals surface area contributed by atoms with E-state index in [1.165, 1.54) is 22.5 Å². The smallest absolute Gasteiger partial charge is 0.261 e. The Morgan fingerprint density at radius 3 is 2.84 bits per heavy atom. The number of carbonyl (C=O) groups is 1. The van der Waals surface area contributed by atoms with Crippen LogP contribution in [0.15, 0.2) is 30.3 Å². The topological polar surface area (TPSA) is 125 Å². The minimum absolute atomic E-state index is 0.105. The van der Waals surface area contributed by atoms with Crippen molar-refractivity contribution in [1.82, 2.24) is 25.3 Å². The van der Waals surface area contributed by atoms with Crippen molar-refractivity contribution in [2.24, 2.45) is 0 Å². The number of benzene rings is 1. The molecule has 3 aromatic heterocycles. The molecule has 0 aliphatic carbocycles. The van der Waals surface area contributed by atoms with Gasteiger partial charge >= 0.3 is 0 Å². The molecule has 0 radical (unpaired) electrons. The van der Waals surface area contributed by atoms with E-state index >= 15 is 0 Å². The summed E-state index contributed by atoms with van der Waals surface area (Å²) in [6, 6.07) is 12.3. The second kappa shape index (κ2) is 8.62. The molecule has 0 atom stereocenters. The Labute approximate surface area is 183 Å². The van der Waals surface area contributed by atoms with Gasteiger partial charge in [-0.25, -0.2) is 0 Å². The molecule has 3 heterocycles. The first-order chi connectivity index (χ1) is 15.0. The van der Waals surface area contributed by atoms with E-state index in [1.807, 2.05) is 23.7 Å². The fraction of sp³-hybridized carbons (Fsp3) is 0.273. The molecule has 0 saturated carbocycles. The molecular weight excluding hydrogens is 410 g/mol. The number of hydrogen-bond donors (Lipinski definition) is 3. The van der Waals surface area contributed by atoms with E-state index in [4.69, 9.17) is 11.0 Å². The lowest BCUT2D eigenvalue weighted by Gasteiger charge is -2.04. The first kappa shape index (κ1) is 20.6. The van der Waals surface area contributed by atoms with Crippen LogP contribution < -0.4 is 11.1 Å². The van der Waals surface area contributed by atoms with Crippen molar-refractivity contribution in [3.8, 4) is 6.07 Å². The Morgan fingerprint density at radius 2 is 2.10 bits per heavy atom. The van der Waals surface area contributed by atoms with Crippen LogP contribution >= 0.6 is 11.3 Å². The van der Waals surface area contributed by atoms with Crippen LogP contribution in [-0.2, 0) is 13.0 Å². The predicted molar refractivity (Wildman–Crippen MR) is 121 cm³/mol. The second-order valence-electron chi connectivity index (χ2n) is 7.49. The lowest BCUT2D eigenvalue weighted by atomic mass is 10.1. The number of nitrogens with zero attached hydrogens (tertiary/aromatic N) is 4. The van der Waals surface area contributed by atoms with Crippen LogP contribution in [0.1, 0.15) is 44.2 Å². The third-order valence-corrected chi connectivity index (χ3v) is 6.30. The number of carbonyl (C=O) groups excluding carboxylic acids is 1. The zero-order chi connectivity index (χ0) is 22.0. The lowest BCUT2D eigenvalue weighted by Crippen LogP contribution is -2.24. The van der Waals surface area contributed by atoms with Crippen molar-refractivity contribution >= 4 is 33.3 Å². The number of amides is 1. The first-order valence-corrected chi connectivity index (χ1v) is 10.8. The zero-order valence-corrected chi connectivity index (χ0v) is 18.2. The molecule has 0 bridgehead atoms. The fourth-order valence-corrected chi connectivity index (χ4v) is 4.53. The number of nitrogens with one attached hydrogen (secondary N) is 2. The SMILES string of the molecule is Cc1ccc(Cn2nc(C)c3cc(C(=O)NCCCc4[nH]nc(N)c4C#N)sc32)cc1. The number of thiophene rings is 1. The quantitative estimate of drug-likeness (QED) is 0.386. The van der Waals surface area contributed by atoms with Crippen molar-refractivity contribution in [2.75, 3.05) is 12.3 Å². The number of nitriles is 1. The summed E-state index contributed by atoms with van der Waals surface area (Å²) in [5.74, 6) is 0.106. The molecule has 0 aliphatic heterocycles. The monoisotopic (exact) mass is 433 g/mol. The first-order valence-electron chi connectivity index (χ1n) is 9.99. The van der Waals surface area contributed by atoms with Crippen molar-refractivity contribution in [3.63, 3.8) is 0 Å². The van der Waals surface area contributed by atoms with Gasteiger partial charge in [-0.15, -0.1) is 11.3 Å². The summed E-state index contributed by atoms with van der Waals surface area (Å²) >= 11 is 1.45. The highest BCUT2D eigenvalue weighted by Gasteiger charge is 2.16. The van der Waals surface area contributed by atoms with Crippen molar-refractivity contribution < 1.29 is 4.79 Å². The minimum Gasteiger partial charge on any atom is -0.381 e. The van der Waals surface area contributed by atoms with Gasteiger partial charge in [0.2, 0.25) is 0 Å². The summed E-state index contributed by atoms with van der Waals surface area (Å²) in [5.41, 5.74) is 10.0. The minimum atomic E-state index is -0.105. The van der Waals surface area contributed by atoms with Crippen LogP contribution in [0.25, 0.3) is 10.2 Å². The number of aromatic nitrogens is 4. The van der Waals surface area contributed by atoms with E-state index in [9.17, 15) is 4.79 Å². The average molecular weight is 434 g/mol. The van der Waals surface area contributed by atoms with E-state index in [0.717, 1.165) is 15.9 Å². The van der Waals surface area contributed by atoms with Crippen molar-refractivity contribution in [2.45, 2.75) is 33.2 Å². The van der Waals surface area contributed by atoms with E-state index < -0.39 is 0 Å². The summed E-state index contributed by atoms with van der Waals surface area (Å²) < 4.78 is 1.96. The molecule has 4 aromatic rings. The van der Waals surface area contributed by atoms with Crippen LogP contribution in [0.4, 0.5) is 5.82 Å². The lowest BCUT2D eigenvalue weighted by molar-refractivity contribution is 0.0957. The highest BCUT2D eigenvalue weighted by molar-refractivity contribution is 7.20. The molecule has 0 unspecified atom stereocenters. The molecule has 8 nitrogen and oxygen atoms in total. The highest BCUT2D eigenvalue weighted by Crippen LogP contribution is 2.29. The van der Waals surface area contributed by atoms with Crippen LogP contribution in [0.5, 0.6) is 0 Å². The van der Waals surface area contributed by atoms with E-state index in [1.54, 1.807) is 0 Å². The van der Waals surface area contributed by atoms with E-state index in [0.29, 0.717) is 42.1 Å². The van der Waals surface area contributed by atoms with Crippen LogP contribution in [0, 0.1) is 25.2 Å². The molecule has 1 amide bonds. The fourth-order valence-electron chi connectivity index (χ4n) is 3.45. The standard InChI is InChI=1S/C22H23N7OS/c1-13-5-7-15(8-6-13)12-29-22-16(14(2)28-29)10-19(31-22)21(30)25-9-3-4-18-17(11-23)20(24)27-26-18/h5-8,10H,3-4,9,12H2,1-2H3,(H,25,30)(H3,24,26,27). The number of H-pyrrole nitrogens is 1. The molecule has 9 heteroatoms. The van der Waals surface area contributed by atoms with Gasteiger partial charge in [-0.05, 0) is 38.3 Å². The molecule has 0 fully saturated rings.